The van der Waals surface area contributed by atoms with Crippen molar-refractivity contribution in [3.63, 3.8) is 0 Å². The largest absolute Gasteiger partial charge is 0.348 e. The standard InChI is InChI=1S/C20H19ClN6O2/c1-13-2-6-16(7-3-13)26-12-14(10-19(26)28)20(29)22-11-18-23-24-25-27(18)17-8-4-15(21)5-9-17/h2-9,14H,10-12H2,1H3,(H,22,29). The Kier molecular flexibility index (Phi) is 5.26. The minimum Gasteiger partial charge on any atom is -0.348 e. The summed E-state index contributed by atoms with van der Waals surface area (Å²) in [5, 5.41) is 15.1. The summed E-state index contributed by atoms with van der Waals surface area (Å²) in [5.41, 5.74) is 2.67. The van der Waals surface area contributed by atoms with Crippen LogP contribution >= 0.6 is 11.6 Å². The lowest BCUT2D eigenvalue weighted by Gasteiger charge is -2.17. The summed E-state index contributed by atoms with van der Waals surface area (Å²) in [6.07, 6.45) is 0.182. The molecule has 1 aliphatic heterocycles. The maximum atomic E-state index is 12.6. The molecule has 2 heterocycles. The number of halogens is 1. The number of nitrogens with zero attached hydrogens (tertiary/aromatic N) is 5. The topological polar surface area (TPSA) is 93.0 Å². The molecule has 0 radical (unpaired) electrons. The van der Waals surface area contributed by atoms with Crippen LogP contribution in [0.25, 0.3) is 5.69 Å². The Morgan fingerprint density at radius 3 is 2.55 bits per heavy atom. The van der Waals surface area contributed by atoms with Crippen LogP contribution in [-0.2, 0) is 16.1 Å². The smallest absolute Gasteiger partial charge is 0.227 e. The van der Waals surface area contributed by atoms with Gasteiger partial charge in [-0.05, 0) is 53.7 Å². The summed E-state index contributed by atoms with van der Waals surface area (Å²) in [4.78, 5) is 26.7. The molecule has 1 unspecified atom stereocenters. The normalized spacial score (nSPS) is 16.3. The van der Waals surface area contributed by atoms with Crippen LogP contribution in [-0.4, -0.2) is 38.6 Å². The van der Waals surface area contributed by atoms with Gasteiger partial charge in [0, 0.05) is 23.7 Å². The third kappa shape index (κ3) is 4.12. The average molecular weight is 411 g/mol. The number of anilines is 1. The maximum absolute atomic E-state index is 12.6. The van der Waals surface area contributed by atoms with Crippen LogP contribution in [0.3, 0.4) is 0 Å². The Hall–Kier alpha value is -3.26. The number of rotatable bonds is 5. The number of aryl methyl sites for hydroxylation is 1. The number of hydrogen-bond donors (Lipinski definition) is 1. The van der Waals surface area contributed by atoms with Crippen LogP contribution in [0.2, 0.25) is 5.02 Å². The van der Waals surface area contributed by atoms with Gasteiger partial charge in [0.2, 0.25) is 11.8 Å². The number of carbonyl (C=O) groups is 2. The number of carbonyl (C=O) groups excluding carboxylic acids is 2. The second-order valence-corrected chi connectivity index (χ2v) is 7.38. The zero-order valence-corrected chi connectivity index (χ0v) is 16.5. The van der Waals surface area contributed by atoms with Crippen molar-refractivity contribution in [1.82, 2.24) is 25.5 Å². The van der Waals surface area contributed by atoms with E-state index in [1.54, 1.807) is 29.2 Å². The summed E-state index contributed by atoms with van der Waals surface area (Å²) in [7, 11) is 0. The van der Waals surface area contributed by atoms with Gasteiger partial charge >= 0.3 is 0 Å². The molecule has 1 N–H and O–H groups in total. The number of tetrazole rings is 1. The van der Waals surface area contributed by atoms with Crippen molar-refractivity contribution in [2.45, 2.75) is 19.9 Å². The van der Waals surface area contributed by atoms with Crippen molar-refractivity contribution in [3.8, 4) is 5.69 Å². The van der Waals surface area contributed by atoms with Crippen molar-refractivity contribution in [3.05, 3.63) is 64.9 Å². The molecule has 1 fully saturated rings. The average Bonchev–Trinajstić information content (AvgIpc) is 3.34. The van der Waals surface area contributed by atoms with Crippen molar-refractivity contribution >= 4 is 29.1 Å². The van der Waals surface area contributed by atoms with Crippen LogP contribution in [0.1, 0.15) is 17.8 Å². The molecule has 1 aliphatic rings. The fourth-order valence-electron chi connectivity index (χ4n) is 3.27. The van der Waals surface area contributed by atoms with E-state index in [0.29, 0.717) is 17.4 Å². The van der Waals surface area contributed by atoms with Crippen molar-refractivity contribution in [2.24, 2.45) is 5.92 Å². The monoisotopic (exact) mass is 410 g/mol. The SMILES string of the molecule is Cc1ccc(N2CC(C(=O)NCc3nnnn3-c3ccc(Cl)cc3)CC2=O)cc1. The van der Waals surface area contributed by atoms with E-state index in [0.717, 1.165) is 16.9 Å². The summed E-state index contributed by atoms with van der Waals surface area (Å²) >= 11 is 5.91. The van der Waals surface area contributed by atoms with Crippen LogP contribution in [0, 0.1) is 12.8 Å². The molecule has 29 heavy (non-hydrogen) atoms. The summed E-state index contributed by atoms with van der Waals surface area (Å²) in [6.45, 7) is 2.50. The van der Waals surface area contributed by atoms with Gasteiger partial charge in [0.1, 0.15) is 0 Å². The fraction of sp³-hybridized carbons (Fsp3) is 0.250. The van der Waals surface area contributed by atoms with Gasteiger partial charge in [-0.3, -0.25) is 9.59 Å². The predicted octanol–water partition coefficient (Wildman–Crippen LogP) is 2.29. The molecule has 1 aromatic heterocycles. The quantitative estimate of drug-likeness (QED) is 0.696. The first-order chi connectivity index (χ1) is 14.0. The van der Waals surface area contributed by atoms with E-state index >= 15 is 0 Å². The number of hydrogen-bond acceptors (Lipinski definition) is 5. The zero-order chi connectivity index (χ0) is 20.4. The lowest BCUT2D eigenvalue weighted by atomic mass is 10.1. The molecular weight excluding hydrogens is 392 g/mol. The first kappa shape index (κ1) is 19.1. The second kappa shape index (κ2) is 8.00. The van der Waals surface area contributed by atoms with Crippen molar-refractivity contribution in [1.29, 1.82) is 0 Å². The van der Waals surface area contributed by atoms with Crippen LogP contribution < -0.4 is 10.2 Å². The molecule has 2 amide bonds. The van der Waals surface area contributed by atoms with Gasteiger partial charge in [0.15, 0.2) is 5.82 Å². The zero-order valence-electron chi connectivity index (χ0n) is 15.7. The Balaban J connectivity index is 1.40. The molecule has 0 spiro atoms. The van der Waals surface area contributed by atoms with Gasteiger partial charge in [-0.2, -0.15) is 4.68 Å². The molecule has 148 valence electrons. The molecule has 8 nitrogen and oxygen atoms in total. The summed E-state index contributed by atoms with van der Waals surface area (Å²) < 4.78 is 1.54. The highest BCUT2D eigenvalue weighted by atomic mass is 35.5. The van der Waals surface area contributed by atoms with Gasteiger partial charge < -0.3 is 10.2 Å². The van der Waals surface area contributed by atoms with Gasteiger partial charge in [0.05, 0.1) is 18.2 Å². The fourth-order valence-corrected chi connectivity index (χ4v) is 3.39. The van der Waals surface area contributed by atoms with Crippen molar-refractivity contribution in [2.75, 3.05) is 11.4 Å². The minimum absolute atomic E-state index is 0.0556. The van der Waals surface area contributed by atoms with E-state index in [2.05, 4.69) is 20.8 Å². The number of amides is 2. The molecule has 1 saturated heterocycles. The Labute approximate surface area is 172 Å². The first-order valence-electron chi connectivity index (χ1n) is 9.19. The summed E-state index contributed by atoms with van der Waals surface area (Å²) in [5.74, 6) is -0.178. The number of benzene rings is 2. The van der Waals surface area contributed by atoms with Gasteiger partial charge in [-0.25, -0.2) is 0 Å². The maximum Gasteiger partial charge on any atom is 0.227 e. The molecule has 0 aliphatic carbocycles. The van der Waals surface area contributed by atoms with E-state index in [1.807, 2.05) is 31.2 Å². The van der Waals surface area contributed by atoms with E-state index in [1.165, 1.54) is 4.68 Å². The molecule has 0 saturated carbocycles. The van der Waals surface area contributed by atoms with E-state index in [-0.39, 0.29) is 24.8 Å². The Bertz CT molecular complexity index is 1030. The lowest BCUT2D eigenvalue weighted by molar-refractivity contribution is -0.126. The molecule has 1 atom stereocenters. The third-order valence-electron chi connectivity index (χ3n) is 4.87. The summed E-state index contributed by atoms with van der Waals surface area (Å²) in [6, 6.07) is 14.8. The van der Waals surface area contributed by atoms with E-state index in [9.17, 15) is 9.59 Å². The molecular formula is C20H19ClN6O2. The molecule has 9 heteroatoms. The van der Waals surface area contributed by atoms with Crippen LogP contribution in [0.5, 0.6) is 0 Å². The van der Waals surface area contributed by atoms with E-state index in [4.69, 9.17) is 11.6 Å². The Morgan fingerprint density at radius 2 is 1.83 bits per heavy atom. The van der Waals surface area contributed by atoms with Gasteiger partial charge in [-0.15, -0.1) is 5.10 Å². The van der Waals surface area contributed by atoms with Gasteiger partial charge in [-0.1, -0.05) is 29.3 Å². The van der Waals surface area contributed by atoms with Crippen LogP contribution in [0.15, 0.2) is 48.5 Å². The molecule has 3 aromatic rings. The van der Waals surface area contributed by atoms with Crippen molar-refractivity contribution < 1.29 is 9.59 Å². The van der Waals surface area contributed by atoms with Gasteiger partial charge in [0.25, 0.3) is 0 Å². The highest BCUT2D eigenvalue weighted by Crippen LogP contribution is 2.25. The third-order valence-corrected chi connectivity index (χ3v) is 5.12. The predicted molar refractivity (Wildman–Crippen MR) is 108 cm³/mol. The second-order valence-electron chi connectivity index (χ2n) is 6.94. The Morgan fingerprint density at radius 1 is 1.14 bits per heavy atom. The highest BCUT2D eigenvalue weighted by molar-refractivity contribution is 6.30. The number of aromatic nitrogens is 4. The van der Waals surface area contributed by atoms with Crippen LogP contribution in [0.4, 0.5) is 5.69 Å². The van der Waals surface area contributed by atoms with E-state index < -0.39 is 5.92 Å². The highest BCUT2D eigenvalue weighted by Gasteiger charge is 2.35. The number of nitrogens with one attached hydrogen (secondary N) is 1. The molecule has 4 rings (SSSR count). The molecule has 0 bridgehead atoms. The minimum atomic E-state index is -0.413. The molecule has 2 aromatic carbocycles. The first-order valence-corrected chi connectivity index (χ1v) is 9.57. The lowest BCUT2D eigenvalue weighted by Crippen LogP contribution is -2.33.